The van der Waals surface area contributed by atoms with Crippen LogP contribution in [-0.2, 0) is 0 Å². The standard InChI is InChI=1S/C10H19N/c1-2-9-4-7-10(8-11-9)5-3-6-10/h9,11H,2-8H2,1H3. The lowest BCUT2D eigenvalue weighted by molar-refractivity contribution is 0.0757. The SMILES string of the molecule is CCC1CCC2(CCC2)CN1. The molecule has 1 aliphatic carbocycles. The largest absolute Gasteiger partial charge is 0.313 e. The molecule has 1 heteroatoms. The van der Waals surface area contributed by atoms with E-state index in [2.05, 4.69) is 12.2 Å². The third-order valence-electron chi connectivity index (χ3n) is 3.70. The fourth-order valence-electron chi connectivity index (χ4n) is 2.48. The molecule has 1 atom stereocenters. The first-order chi connectivity index (χ1) is 5.35. The normalized spacial score (nSPS) is 35.2. The van der Waals surface area contributed by atoms with Crippen LogP contribution in [0.3, 0.4) is 0 Å². The van der Waals surface area contributed by atoms with Crippen LogP contribution < -0.4 is 5.32 Å². The summed E-state index contributed by atoms with van der Waals surface area (Å²) in [5.41, 5.74) is 0.770. The van der Waals surface area contributed by atoms with Gasteiger partial charge in [0.25, 0.3) is 0 Å². The van der Waals surface area contributed by atoms with Gasteiger partial charge in [-0.15, -0.1) is 0 Å². The Hall–Kier alpha value is -0.0400. The summed E-state index contributed by atoms with van der Waals surface area (Å²) >= 11 is 0. The molecule has 0 aromatic rings. The summed E-state index contributed by atoms with van der Waals surface area (Å²) in [6.07, 6.45) is 8.72. The van der Waals surface area contributed by atoms with Gasteiger partial charge < -0.3 is 5.32 Å². The second-order valence-electron chi connectivity index (χ2n) is 4.38. The lowest BCUT2D eigenvalue weighted by Crippen LogP contribution is -2.48. The van der Waals surface area contributed by atoms with Crippen molar-refractivity contribution in [3.63, 3.8) is 0 Å². The van der Waals surface area contributed by atoms with Crippen LogP contribution in [0.25, 0.3) is 0 Å². The van der Waals surface area contributed by atoms with E-state index >= 15 is 0 Å². The summed E-state index contributed by atoms with van der Waals surface area (Å²) in [6.45, 7) is 3.60. The fourth-order valence-corrected chi connectivity index (χ4v) is 2.48. The molecule has 11 heavy (non-hydrogen) atoms. The molecule has 0 bridgehead atoms. The molecule has 64 valence electrons. The van der Waals surface area contributed by atoms with E-state index in [4.69, 9.17) is 0 Å². The van der Waals surface area contributed by atoms with E-state index in [0.717, 1.165) is 11.5 Å². The van der Waals surface area contributed by atoms with Gasteiger partial charge in [0.05, 0.1) is 0 Å². The summed E-state index contributed by atoms with van der Waals surface area (Å²) < 4.78 is 0. The van der Waals surface area contributed by atoms with Crippen molar-refractivity contribution >= 4 is 0 Å². The molecular formula is C10H19N. The van der Waals surface area contributed by atoms with Crippen LogP contribution >= 0.6 is 0 Å². The molecule has 0 aromatic heterocycles. The van der Waals surface area contributed by atoms with Crippen LogP contribution in [0.4, 0.5) is 0 Å². The van der Waals surface area contributed by atoms with Gasteiger partial charge in [0.15, 0.2) is 0 Å². The first kappa shape index (κ1) is 7.60. The molecule has 1 N–H and O–H groups in total. The first-order valence-corrected chi connectivity index (χ1v) is 5.08. The predicted octanol–water partition coefficient (Wildman–Crippen LogP) is 2.32. The number of piperidine rings is 1. The van der Waals surface area contributed by atoms with Crippen LogP contribution in [-0.4, -0.2) is 12.6 Å². The van der Waals surface area contributed by atoms with Crippen molar-refractivity contribution in [2.45, 2.75) is 51.5 Å². The zero-order valence-electron chi connectivity index (χ0n) is 7.53. The highest BCUT2D eigenvalue weighted by molar-refractivity contribution is 4.94. The second kappa shape index (κ2) is 2.78. The molecule has 0 aromatic carbocycles. The van der Waals surface area contributed by atoms with Gasteiger partial charge in [0.1, 0.15) is 0 Å². The molecule has 1 saturated carbocycles. The maximum absolute atomic E-state index is 3.66. The van der Waals surface area contributed by atoms with Gasteiger partial charge in [-0.25, -0.2) is 0 Å². The van der Waals surface area contributed by atoms with E-state index in [1.807, 2.05) is 0 Å². The topological polar surface area (TPSA) is 12.0 Å². The summed E-state index contributed by atoms with van der Waals surface area (Å²) in [5, 5.41) is 3.66. The Morgan fingerprint density at radius 1 is 1.36 bits per heavy atom. The van der Waals surface area contributed by atoms with Gasteiger partial charge in [-0.05, 0) is 37.5 Å². The lowest BCUT2D eigenvalue weighted by Gasteiger charge is -2.47. The van der Waals surface area contributed by atoms with Crippen molar-refractivity contribution in [2.75, 3.05) is 6.54 Å². The summed E-state index contributed by atoms with van der Waals surface area (Å²) in [4.78, 5) is 0. The van der Waals surface area contributed by atoms with Gasteiger partial charge in [-0.3, -0.25) is 0 Å². The highest BCUT2D eigenvalue weighted by atomic mass is 14.9. The monoisotopic (exact) mass is 153 g/mol. The molecule has 0 radical (unpaired) electrons. The molecular weight excluding hydrogens is 134 g/mol. The minimum atomic E-state index is 0.770. The van der Waals surface area contributed by atoms with Crippen molar-refractivity contribution in [1.29, 1.82) is 0 Å². The van der Waals surface area contributed by atoms with E-state index in [-0.39, 0.29) is 0 Å². The Balaban J connectivity index is 1.84. The zero-order valence-corrected chi connectivity index (χ0v) is 7.53. The maximum atomic E-state index is 3.66. The van der Waals surface area contributed by atoms with E-state index in [1.54, 1.807) is 0 Å². The van der Waals surface area contributed by atoms with Gasteiger partial charge in [-0.2, -0.15) is 0 Å². The molecule has 1 saturated heterocycles. The van der Waals surface area contributed by atoms with E-state index in [1.165, 1.54) is 45.1 Å². The molecule has 0 amide bonds. The Morgan fingerprint density at radius 3 is 2.55 bits per heavy atom. The smallest absolute Gasteiger partial charge is 0.00648 e. The average molecular weight is 153 g/mol. The average Bonchev–Trinajstić information content (AvgIpc) is 2.02. The fraction of sp³-hybridized carbons (Fsp3) is 1.00. The highest BCUT2D eigenvalue weighted by Crippen LogP contribution is 2.46. The number of nitrogens with one attached hydrogen (secondary N) is 1. The molecule has 2 aliphatic rings. The first-order valence-electron chi connectivity index (χ1n) is 5.08. The minimum Gasteiger partial charge on any atom is -0.313 e. The van der Waals surface area contributed by atoms with Crippen LogP contribution in [0.1, 0.15) is 45.4 Å². The van der Waals surface area contributed by atoms with Crippen molar-refractivity contribution in [2.24, 2.45) is 5.41 Å². The quantitative estimate of drug-likeness (QED) is 0.609. The van der Waals surface area contributed by atoms with Crippen LogP contribution in [0.5, 0.6) is 0 Å². The molecule has 1 aliphatic heterocycles. The zero-order chi connectivity index (χ0) is 7.73. The Bertz CT molecular complexity index is 128. The van der Waals surface area contributed by atoms with Crippen molar-refractivity contribution in [1.82, 2.24) is 5.32 Å². The summed E-state index contributed by atoms with van der Waals surface area (Å²) in [5.74, 6) is 0. The van der Waals surface area contributed by atoms with Gasteiger partial charge in [0, 0.05) is 12.6 Å². The molecule has 1 heterocycles. The Labute approximate surface area is 69.6 Å². The third kappa shape index (κ3) is 1.31. The molecule has 1 spiro atoms. The third-order valence-corrected chi connectivity index (χ3v) is 3.70. The minimum absolute atomic E-state index is 0.770. The molecule has 1 nitrogen and oxygen atoms in total. The maximum Gasteiger partial charge on any atom is 0.00648 e. The van der Waals surface area contributed by atoms with E-state index in [0.29, 0.717) is 0 Å². The van der Waals surface area contributed by atoms with Gasteiger partial charge in [0.2, 0.25) is 0 Å². The predicted molar refractivity (Wildman–Crippen MR) is 47.6 cm³/mol. The summed E-state index contributed by atoms with van der Waals surface area (Å²) in [7, 11) is 0. The van der Waals surface area contributed by atoms with Crippen LogP contribution in [0, 0.1) is 5.41 Å². The number of rotatable bonds is 1. The lowest BCUT2D eigenvalue weighted by atomic mass is 9.64. The number of hydrogen-bond acceptors (Lipinski definition) is 1. The Kier molecular flexibility index (Phi) is 1.92. The van der Waals surface area contributed by atoms with Crippen molar-refractivity contribution in [3.8, 4) is 0 Å². The Morgan fingerprint density at radius 2 is 2.18 bits per heavy atom. The van der Waals surface area contributed by atoms with Crippen molar-refractivity contribution < 1.29 is 0 Å². The van der Waals surface area contributed by atoms with E-state index in [9.17, 15) is 0 Å². The van der Waals surface area contributed by atoms with Crippen LogP contribution in [0.15, 0.2) is 0 Å². The summed E-state index contributed by atoms with van der Waals surface area (Å²) in [6, 6.07) is 0.834. The molecule has 2 fully saturated rings. The van der Waals surface area contributed by atoms with E-state index < -0.39 is 0 Å². The van der Waals surface area contributed by atoms with Gasteiger partial charge >= 0.3 is 0 Å². The second-order valence-corrected chi connectivity index (χ2v) is 4.38. The number of hydrogen-bond donors (Lipinski definition) is 1. The highest BCUT2D eigenvalue weighted by Gasteiger charge is 2.39. The van der Waals surface area contributed by atoms with Crippen molar-refractivity contribution in [3.05, 3.63) is 0 Å². The molecule has 2 rings (SSSR count). The van der Waals surface area contributed by atoms with Crippen LogP contribution in [0.2, 0.25) is 0 Å². The van der Waals surface area contributed by atoms with Gasteiger partial charge in [-0.1, -0.05) is 13.3 Å². The molecule has 1 unspecified atom stereocenters.